The van der Waals surface area contributed by atoms with E-state index in [2.05, 4.69) is 129 Å². The molecule has 432 valence electrons. The molecule has 0 spiro atoms. The van der Waals surface area contributed by atoms with Crippen LogP contribution < -0.4 is 14.5 Å². The Labute approximate surface area is 530 Å². The smallest absolute Gasteiger partial charge is 0.135 e. The summed E-state index contributed by atoms with van der Waals surface area (Å²) in [7, 11) is 0. The molecule has 0 bridgehead atoms. The molecule has 1 aliphatic heterocycles. The van der Waals surface area contributed by atoms with Crippen molar-refractivity contribution in [2.24, 2.45) is 0 Å². The fourth-order valence-corrected chi connectivity index (χ4v) is 11.7. The van der Waals surface area contributed by atoms with E-state index in [1.54, 1.807) is 29.0 Å². The molecule has 12 rings (SSSR count). The van der Waals surface area contributed by atoms with Crippen LogP contribution >= 0.6 is 0 Å². The Kier molecular flexibility index (Phi) is 11.6. The average Bonchev–Trinajstić information content (AvgIpc) is 1.63. The number of para-hydroxylation sites is 3. The zero-order valence-corrected chi connectivity index (χ0v) is 53.6. The number of anilines is 4. The van der Waals surface area contributed by atoms with Gasteiger partial charge in [0.15, 0.2) is 0 Å². The number of hydrogen-bond donors (Lipinski definition) is 0. The molecule has 8 aromatic carbocycles. The van der Waals surface area contributed by atoms with Crippen LogP contribution in [0, 0.1) is 18.8 Å². The first kappa shape index (κ1) is 46.1. The van der Waals surface area contributed by atoms with E-state index in [-0.39, 0.29) is 126 Å². The van der Waals surface area contributed by atoms with Crippen LogP contribution in [0.5, 0.6) is 11.5 Å². The molecule has 0 atom stereocenters. The van der Waals surface area contributed by atoms with Crippen molar-refractivity contribution in [1.82, 2.24) is 9.55 Å². The van der Waals surface area contributed by atoms with Crippen LogP contribution in [0.25, 0.3) is 61.0 Å². The van der Waals surface area contributed by atoms with Crippen molar-refractivity contribution < 1.29 is 40.9 Å². The van der Waals surface area contributed by atoms with Crippen molar-refractivity contribution in [2.75, 3.05) is 9.80 Å². The van der Waals surface area contributed by atoms with Crippen LogP contribution in [-0.4, -0.2) is 9.55 Å². The van der Waals surface area contributed by atoms with Crippen molar-refractivity contribution >= 4 is 44.6 Å². The maximum absolute atomic E-state index is 10.5. The molecule has 0 saturated carbocycles. The minimum atomic E-state index is -0.604. The first-order chi connectivity index (χ1) is 43.7. The second-order valence-corrected chi connectivity index (χ2v) is 28.1. The Morgan fingerprint density at radius 3 is 1.80 bits per heavy atom. The largest absolute Gasteiger partial charge is 0.509 e. The minimum absolute atomic E-state index is 0. The topological polar surface area (TPSA) is 33.5 Å². The summed E-state index contributed by atoms with van der Waals surface area (Å²) >= 11 is 0. The number of aromatic nitrogens is 2. The van der Waals surface area contributed by atoms with E-state index in [0.717, 1.165) is 35.1 Å². The first-order valence-corrected chi connectivity index (χ1v) is 29.0. The predicted octanol–water partition coefficient (Wildman–Crippen LogP) is 21.5. The Morgan fingerprint density at radius 2 is 1.13 bits per heavy atom. The van der Waals surface area contributed by atoms with Crippen molar-refractivity contribution in [3.63, 3.8) is 0 Å². The normalized spacial score (nSPS) is 16.9. The van der Waals surface area contributed by atoms with E-state index in [4.69, 9.17) is 13.8 Å². The molecule has 3 heterocycles. The number of ether oxygens (including phenoxy) is 1. The predicted molar refractivity (Wildman–Crippen MR) is 351 cm³/mol. The fourth-order valence-electron chi connectivity index (χ4n) is 11.7. The molecule has 2 aliphatic rings. The molecule has 10 aromatic rings. The first-order valence-electron chi connectivity index (χ1n) is 34.5. The molecule has 6 heteroatoms. The molecule has 5 nitrogen and oxygen atoms in total. The standard InChI is InChI=1S/C78H81N4O.Pt/c1-73(2,3)53-33-35-59(65(45-53)76(10,11)12)50-28-30-51(31-29-50)62-43-55(75(7,8)9)44-63(52-32-37-64-66(42-52)78(15,16)40-39-77(64,13)14)72(62)81-49-80(68-26-19-20-27-69(68)81)56-22-21-23-57(47-56)83-58-34-36-61-60-24-17-18-25-67(60)82(70(61)48-58)71-46-54(38-41-79-71)74(4,5)6;/h17-38,41-46,49H,39-40H2,1-16H3;/q-3;/i17D,18D,24D,25D,28D,29D,30D,31D,32D,37D,42D;. The summed E-state index contributed by atoms with van der Waals surface area (Å²) in [5.74, 6) is 1.04. The number of rotatable bonds is 8. The van der Waals surface area contributed by atoms with Gasteiger partial charge < -0.3 is 19.1 Å². The van der Waals surface area contributed by atoms with Gasteiger partial charge in [-0.05, 0) is 149 Å². The van der Waals surface area contributed by atoms with Gasteiger partial charge in [-0.2, -0.15) is 12.1 Å². The second-order valence-electron chi connectivity index (χ2n) is 28.1. The van der Waals surface area contributed by atoms with Crippen molar-refractivity contribution in [1.29, 1.82) is 0 Å². The minimum Gasteiger partial charge on any atom is -0.509 e. The van der Waals surface area contributed by atoms with Gasteiger partial charge in [-0.25, -0.2) is 4.98 Å². The van der Waals surface area contributed by atoms with Gasteiger partial charge in [0.1, 0.15) is 5.82 Å². The van der Waals surface area contributed by atoms with Crippen LogP contribution in [0.15, 0.2) is 170 Å². The van der Waals surface area contributed by atoms with E-state index >= 15 is 0 Å². The Bertz CT molecular complexity index is 4800. The van der Waals surface area contributed by atoms with Crippen LogP contribution in [0.4, 0.5) is 22.7 Å². The zero-order chi connectivity index (χ0) is 68.3. The van der Waals surface area contributed by atoms with E-state index in [9.17, 15) is 11.0 Å². The van der Waals surface area contributed by atoms with Gasteiger partial charge in [-0.1, -0.05) is 207 Å². The number of benzene rings is 8. The Hall–Kier alpha value is -7.20. The number of fused-ring (bicyclic) bond motifs is 5. The summed E-state index contributed by atoms with van der Waals surface area (Å²) in [6, 6.07) is 35.6. The maximum Gasteiger partial charge on any atom is 0.135 e. The molecule has 2 aromatic heterocycles. The molecule has 84 heavy (non-hydrogen) atoms. The van der Waals surface area contributed by atoms with Crippen LogP contribution in [0.3, 0.4) is 0 Å². The molecular formula is C78H81N4OPt-3. The van der Waals surface area contributed by atoms with Crippen molar-refractivity contribution in [3.05, 3.63) is 222 Å². The third kappa shape index (κ3) is 10.7. The summed E-state index contributed by atoms with van der Waals surface area (Å²) in [4.78, 5) is 8.64. The number of hydrogen-bond acceptors (Lipinski definition) is 4. The summed E-state index contributed by atoms with van der Waals surface area (Å²) in [6.45, 7) is 35.5. The average molecular weight is 1300 g/mol. The quantitative estimate of drug-likeness (QED) is 0.142. The summed E-state index contributed by atoms with van der Waals surface area (Å²) < 4.78 is 115. The molecule has 1 aliphatic carbocycles. The van der Waals surface area contributed by atoms with E-state index in [1.165, 1.54) is 0 Å². The summed E-state index contributed by atoms with van der Waals surface area (Å²) in [5.41, 5.74) is 7.40. The fraction of sp³-hybridized carbons (Fsp3) is 0.308. The maximum atomic E-state index is 10.5. The zero-order valence-electron chi connectivity index (χ0n) is 62.3. The van der Waals surface area contributed by atoms with Gasteiger partial charge in [-0.15, -0.1) is 48.1 Å². The van der Waals surface area contributed by atoms with Crippen LogP contribution in [-0.2, 0) is 53.6 Å². The van der Waals surface area contributed by atoms with E-state index < -0.39 is 21.7 Å². The summed E-state index contributed by atoms with van der Waals surface area (Å²) in [5, 5.41) is 0.867. The van der Waals surface area contributed by atoms with Gasteiger partial charge in [0.25, 0.3) is 0 Å². The van der Waals surface area contributed by atoms with Gasteiger partial charge in [0.2, 0.25) is 0 Å². The van der Waals surface area contributed by atoms with Crippen molar-refractivity contribution in [3.8, 4) is 50.7 Å². The van der Waals surface area contributed by atoms with Crippen molar-refractivity contribution in [2.45, 2.75) is 156 Å². The molecule has 0 unspecified atom stereocenters. The molecule has 0 radical (unpaired) electrons. The van der Waals surface area contributed by atoms with Crippen LogP contribution in [0.1, 0.15) is 172 Å². The monoisotopic (exact) mass is 1300 g/mol. The third-order valence-corrected chi connectivity index (χ3v) is 16.9. The Balaban J connectivity index is 0.00000919. The number of pyridine rings is 1. The summed E-state index contributed by atoms with van der Waals surface area (Å²) in [6.07, 6.45) is 3.23. The molecule has 0 amide bonds. The van der Waals surface area contributed by atoms with Crippen LogP contribution in [0.2, 0.25) is 0 Å². The van der Waals surface area contributed by atoms with E-state index in [0.29, 0.717) is 78.4 Å². The molecular weight excluding hydrogens is 1200 g/mol. The Morgan fingerprint density at radius 1 is 0.536 bits per heavy atom. The molecule has 0 N–H and O–H groups in total. The molecule has 0 fully saturated rings. The molecule has 0 saturated heterocycles. The third-order valence-electron chi connectivity index (χ3n) is 16.9. The van der Waals surface area contributed by atoms with Gasteiger partial charge in [0, 0.05) is 72.5 Å². The second kappa shape index (κ2) is 21.1. The van der Waals surface area contributed by atoms with E-state index in [1.807, 2.05) is 89.3 Å². The van der Waals surface area contributed by atoms with Gasteiger partial charge in [-0.3, -0.25) is 0 Å². The SMILES string of the molecule is [2H]c1c([2H])c(-c2cc(C(C)(C)C)cc(-c3c([2H])c([2H])c4c(c3[2H])C(C)(C)CCC4(C)C)c2N2[CH-]N(c3[c-]c(Oc4[c-]c5c(cc4)c4c([2H])c([2H])c([2H])c([2H])c4n5-c4cc(C(C)(C)C)ccn4)ccc3)c3ccccc32)c([2H])c([2H])c1-c1ccc(C(C)(C)C)cc1C(C)(C)C.[Pt]. The van der Waals surface area contributed by atoms with Gasteiger partial charge in [0.05, 0.1) is 15.1 Å². The number of nitrogens with zero attached hydrogens (tertiary/aromatic N) is 4. The van der Waals surface area contributed by atoms with Gasteiger partial charge >= 0.3 is 0 Å².